The van der Waals surface area contributed by atoms with Crippen LogP contribution < -0.4 is 10.6 Å². The lowest BCUT2D eigenvalue weighted by molar-refractivity contribution is -0.136. The molecule has 1 aromatic heterocycles. The summed E-state index contributed by atoms with van der Waals surface area (Å²) in [7, 11) is 0. The molecule has 0 bridgehead atoms. The number of hydrogen-bond donors (Lipinski definition) is 2. The van der Waals surface area contributed by atoms with Crippen LogP contribution in [0.5, 0.6) is 0 Å². The van der Waals surface area contributed by atoms with E-state index in [0.717, 1.165) is 6.07 Å². The van der Waals surface area contributed by atoms with E-state index in [0.29, 0.717) is 11.4 Å². The van der Waals surface area contributed by atoms with Crippen LogP contribution in [-0.2, 0) is 11.0 Å². The van der Waals surface area contributed by atoms with Crippen LogP contribution in [0.15, 0.2) is 54.6 Å². The van der Waals surface area contributed by atoms with E-state index in [-0.39, 0.29) is 22.6 Å². The highest BCUT2D eigenvalue weighted by atomic mass is 19.4. The second-order valence-corrected chi connectivity index (χ2v) is 5.45. The number of carbonyl (C=O) groups is 1. The van der Waals surface area contributed by atoms with Crippen molar-refractivity contribution >= 4 is 34.0 Å². The summed E-state index contributed by atoms with van der Waals surface area (Å²) in [4.78, 5) is 15.2. The summed E-state index contributed by atoms with van der Waals surface area (Å²) in [6.07, 6.45) is -4.48. The highest BCUT2D eigenvalue weighted by Crippen LogP contribution is 2.36. The van der Waals surface area contributed by atoms with Gasteiger partial charge in [0.2, 0.25) is 5.91 Å². The number of fused-ring (bicyclic) bond motifs is 1. The molecule has 1 amide bonds. The third-order valence-corrected chi connectivity index (χ3v) is 3.50. The van der Waals surface area contributed by atoms with E-state index in [1.54, 1.807) is 36.4 Å². The molecule has 0 aliphatic rings. The number of nitrogens with one attached hydrogen (secondary N) is 2. The predicted octanol–water partition coefficient (Wildman–Crippen LogP) is 4.96. The van der Waals surface area contributed by atoms with E-state index < -0.39 is 11.7 Å². The summed E-state index contributed by atoms with van der Waals surface area (Å²) in [6.45, 7) is 1.39. The minimum absolute atomic E-state index is 0.0570. The third-order valence-electron chi connectivity index (χ3n) is 3.50. The highest BCUT2D eigenvalue weighted by Gasteiger charge is 2.33. The summed E-state index contributed by atoms with van der Waals surface area (Å²) in [6, 6.07) is 13.7. The van der Waals surface area contributed by atoms with Crippen molar-refractivity contribution in [3.63, 3.8) is 0 Å². The van der Waals surface area contributed by atoms with Crippen molar-refractivity contribution in [3.05, 3.63) is 60.2 Å². The number of pyridine rings is 1. The van der Waals surface area contributed by atoms with Gasteiger partial charge in [-0.15, -0.1) is 0 Å². The Morgan fingerprint density at radius 2 is 1.64 bits per heavy atom. The number of amides is 1. The molecule has 0 radical (unpaired) electrons. The van der Waals surface area contributed by atoms with Crippen molar-refractivity contribution in [1.82, 2.24) is 4.98 Å². The Morgan fingerprint density at radius 1 is 1.00 bits per heavy atom. The number of anilines is 3. The minimum atomic E-state index is -4.48. The molecule has 0 saturated carbocycles. The normalized spacial score (nSPS) is 11.4. The van der Waals surface area contributed by atoms with Crippen molar-refractivity contribution in [1.29, 1.82) is 0 Å². The van der Waals surface area contributed by atoms with Gasteiger partial charge in [0.25, 0.3) is 0 Å². The first-order valence-electron chi connectivity index (χ1n) is 7.44. The lowest BCUT2D eigenvalue weighted by atomic mass is 10.1. The standard InChI is InChI=1S/C18H14F3N3O/c1-11(25)22-12-6-8-13(9-7-12)23-17-10-15(18(19,20)21)14-4-2-3-5-16(14)24-17/h2-10H,1H3,(H,22,25)(H,23,24). The van der Waals surface area contributed by atoms with E-state index in [4.69, 9.17) is 0 Å². The Hall–Kier alpha value is -3.09. The average Bonchev–Trinajstić information content (AvgIpc) is 2.54. The number of benzene rings is 2. The van der Waals surface area contributed by atoms with Crippen LogP contribution in [0.25, 0.3) is 10.9 Å². The first kappa shape index (κ1) is 16.8. The predicted molar refractivity (Wildman–Crippen MR) is 90.8 cm³/mol. The molecule has 0 spiro atoms. The summed E-state index contributed by atoms with van der Waals surface area (Å²) in [5.41, 5.74) is 0.677. The van der Waals surface area contributed by atoms with E-state index in [2.05, 4.69) is 15.6 Å². The van der Waals surface area contributed by atoms with Gasteiger partial charge in [0, 0.05) is 23.7 Å². The molecule has 2 aromatic carbocycles. The molecule has 0 aliphatic heterocycles. The van der Waals surface area contributed by atoms with Crippen molar-refractivity contribution in [3.8, 4) is 0 Å². The fraction of sp³-hybridized carbons (Fsp3) is 0.111. The van der Waals surface area contributed by atoms with Gasteiger partial charge in [0.1, 0.15) is 5.82 Å². The number of aromatic nitrogens is 1. The molecule has 0 fully saturated rings. The van der Waals surface area contributed by atoms with Gasteiger partial charge in [0.05, 0.1) is 11.1 Å². The summed E-state index contributed by atoms with van der Waals surface area (Å²) < 4.78 is 39.9. The number of para-hydroxylation sites is 1. The van der Waals surface area contributed by atoms with Gasteiger partial charge in [-0.2, -0.15) is 13.2 Å². The zero-order valence-corrected chi connectivity index (χ0v) is 13.2. The average molecular weight is 345 g/mol. The molecule has 2 N–H and O–H groups in total. The number of carbonyl (C=O) groups excluding carboxylic acids is 1. The first-order chi connectivity index (χ1) is 11.8. The van der Waals surface area contributed by atoms with Crippen LogP contribution >= 0.6 is 0 Å². The van der Waals surface area contributed by atoms with Gasteiger partial charge in [-0.1, -0.05) is 18.2 Å². The highest BCUT2D eigenvalue weighted by molar-refractivity contribution is 5.89. The third kappa shape index (κ3) is 3.88. The number of halogens is 3. The van der Waals surface area contributed by atoms with Crippen LogP contribution in [0.4, 0.5) is 30.4 Å². The summed E-state index contributed by atoms with van der Waals surface area (Å²) in [5.74, 6) is -0.106. The topological polar surface area (TPSA) is 54.0 Å². The van der Waals surface area contributed by atoms with Crippen LogP contribution in [-0.4, -0.2) is 10.9 Å². The van der Waals surface area contributed by atoms with Gasteiger partial charge < -0.3 is 10.6 Å². The monoisotopic (exact) mass is 345 g/mol. The number of nitrogens with zero attached hydrogens (tertiary/aromatic N) is 1. The fourth-order valence-electron chi connectivity index (χ4n) is 2.46. The molecule has 25 heavy (non-hydrogen) atoms. The molecule has 0 atom stereocenters. The maximum Gasteiger partial charge on any atom is 0.417 e. The van der Waals surface area contributed by atoms with E-state index >= 15 is 0 Å². The second kappa shape index (κ2) is 6.43. The zero-order chi connectivity index (χ0) is 18.0. The molecule has 128 valence electrons. The molecular formula is C18H14F3N3O. The SMILES string of the molecule is CC(=O)Nc1ccc(Nc2cc(C(F)(F)F)c3ccccc3n2)cc1. The van der Waals surface area contributed by atoms with E-state index in [1.807, 2.05) is 0 Å². The largest absolute Gasteiger partial charge is 0.417 e. The van der Waals surface area contributed by atoms with E-state index in [9.17, 15) is 18.0 Å². The Balaban J connectivity index is 1.95. The van der Waals surface area contributed by atoms with Gasteiger partial charge >= 0.3 is 6.18 Å². The van der Waals surface area contributed by atoms with Crippen LogP contribution in [0.2, 0.25) is 0 Å². The maximum atomic E-state index is 13.3. The zero-order valence-electron chi connectivity index (χ0n) is 13.2. The Kier molecular flexibility index (Phi) is 4.31. The van der Waals surface area contributed by atoms with Crippen molar-refractivity contribution in [2.75, 3.05) is 10.6 Å². The van der Waals surface area contributed by atoms with Gasteiger partial charge in [-0.25, -0.2) is 4.98 Å². The van der Waals surface area contributed by atoms with E-state index in [1.165, 1.54) is 19.1 Å². The van der Waals surface area contributed by atoms with Crippen LogP contribution in [0.1, 0.15) is 12.5 Å². The van der Waals surface area contributed by atoms with Crippen LogP contribution in [0.3, 0.4) is 0 Å². The second-order valence-electron chi connectivity index (χ2n) is 5.45. The molecule has 0 unspecified atom stereocenters. The van der Waals surface area contributed by atoms with Crippen molar-refractivity contribution < 1.29 is 18.0 Å². The summed E-state index contributed by atoms with van der Waals surface area (Å²) in [5, 5.41) is 5.54. The van der Waals surface area contributed by atoms with Crippen molar-refractivity contribution in [2.24, 2.45) is 0 Å². The Labute approximate surface area is 141 Å². The number of alkyl halides is 3. The molecule has 3 aromatic rings. The molecule has 0 aliphatic carbocycles. The molecular weight excluding hydrogens is 331 g/mol. The summed E-state index contributed by atoms with van der Waals surface area (Å²) >= 11 is 0. The van der Waals surface area contributed by atoms with Gasteiger partial charge in [-0.3, -0.25) is 4.79 Å². The maximum absolute atomic E-state index is 13.3. The number of hydrogen-bond acceptors (Lipinski definition) is 3. The smallest absolute Gasteiger partial charge is 0.340 e. The molecule has 3 rings (SSSR count). The molecule has 0 saturated heterocycles. The van der Waals surface area contributed by atoms with Gasteiger partial charge in [0.15, 0.2) is 0 Å². The quantitative estimate of drug-likeness (QED) is 0.706. The molecule has 4 nitrogen and oxygen atoms in total. The lowest BCUT2D eigenvalue weighted by Crippen LogP contribution is -2.08. The first-order valence-corrected chi connectivity index (χ1v) is 7.44. The molecule has 1 heterocycles. The minimum Gasteiger partial charge on any atom is -0.340 e. The number of rotatable bonds is 3. The fourth-order valence-corrected chi connectivity index (χ4v) is 2.46. The lowest BCUT2D eigenvalue weighted by Gasteiger charge is -2.13. The Bertz CT molecular complexity index is 921. The van der Waals surface area contributed by atoms with Crippen LogP contribution in [0, 0.1) is 0 Å². The van der Waals surface area contributed by atoms with Gasteiger partial charge in [-0.05, 0) is 36.4 Å². The molecule has 7 heteroatoms. The van der Waals surface area contributed by atoms with Crippen molar-refractivity contribution in [2.45, 2.75) is 13.1 Å². The Morgan fingerprint density at radius 3 is 2.28 bits per heavy atom.